The molecule has 0 radical (unpaired) electrons. The number of ether oxygens (including phenoxy) is 5. The average Bonchev–Trinajstić information content (AvgIpc) is 3.13. The lowest BCUT2D eigenvalue weighted by molar-refractivity contribution is -0.114. The van der Waals surface area contributed by atoms with Gasteiger partial charge in [-0.25, -0.2) is 0 Å². The molecule has 262 valence electrons. The Bertz CT molecular complexity index is 1700. The normalized spacial score (nSPS) is 14.9. The van der Waals surface area contributed by atoms with E-state index in [1.165, 1.54) is 0 Å². The van der Waals surface area contributed by atoms with Crippen LogP contribution in [0.5, 0.6) is 28.7 Å². The van der Waals surface area contributed by atoms with Crippen LogP contribution in [-0.2, 0) is 19.8 Å². The Labute approximate surface area is 290 Å². The lowest BCUT2D eigenvalue weighted by Crippen LogP contribution is -2.48. The number of methoxy groups -OCH3 is 1. The number of aliphatic hydroxyl groups is 5. The van der Waals surface area contributed by atoms with Crippen LogP contribution in [0.3, 0.4) is 0 Å². The van der Waals surface area contributed by atoms with Crippen LogP contribution in [0, 0.1) is 6.92 Å². The first kappa shape index (κ1) is 36.2. The Morgan fingerprint density at radius 2 is 1.53 bits per heavy atom. The fraction of sp³-hybridized carbons (Fsp3) is 0.351. The number of rotatable bonds is 16. The molecule has 1 aliphatic heterocycles. The van der Waals surface area contributed by atoms with Gasteiger partial charge < -0.3 is 54.5 Å². The summed E-state index contributed by atoms with van der Waals surface area (Å²) in [5.41, 5.74) is 5.58. The summed E-state index contributed by atoms with van der Waals surface area (Å²) >= 11 is 6.72. The minimum atomic E-state index is -1.72. The quantitative estimate of drug-likeness (QED) is 0.101. The number of hydrogen-bond acceptors (Lipinski definition) is 11. The monoisotopic (exact) mass is 695 g/mol. The van der Waals surface area contributed by atoms with E-state index in [1.54, 1.807) is 19.2 Å². The summed E-state index contributed by atoms with van der Waals surface area (Å²) in [6, 6.07) is 22.8. The summed E-state index contributed by atoms with van der Waals surface area (Å²) in [7, 11) is 1.59. The molecule has 49 heavy (non-hydrogen) atoms. The minimum Gasteiger partial charge on any atom is -0.497 e. The summed E-state index contributed by atoms with van der Waals surface area (Å²) < 4.78 is 29.3. The van der Waals surface area contributed by atoms with Gasteiger partial charge in [0.15, 0.2) is 11.5 Å². The molecule has 0 spiro atoms. The fourth-order valence-corrected chi connectivity index (χ4v) is 5.68. The molecular weight excluding hydrogens is 654 g/mol. The van der Waals surface area contributed by atoms with Crippen LogP contribution in [0.1, 0.15) is 22.3 Å². The maximum Gasteiger partial charge on any atom is 0.161 e. The highest BCUT2D eigenvalue weighted by Gasteiger charge is 2.29. The van der Waals surface area contributed by atoms with Crippen LogP contribution in [0.2, 0.25) is 5.02 Å². The van der Waals surface area contributed by atoms with Gasteiger partial charge in [-0.3, -0.25) is 0 Å². The number of hydrogen-bond donors (Lipinski definition) is 6. The molecule has 0 saturated heterocycles. The number of aliphatic hydroxyl groups excluding tert-OH is 5. The SMILES string of the molecule is COc1cccc(COc2cc(OCc3cccc(-c4ccc5c(c4)OCCO5)c3C)c(Cl)cc2CNC[C@H](O)[C@@H](O)[C@H](O)[C@H](O)CO)c1. The van der Waals surface area contributed by atoms with Crippen molar-refractivity contribution in [2.75, 3.05) is 33.5 Å². The largest absolute Gasteiger partial charge is 0.497 e. The molecule has 4 aromatic rings. The summed E-state index contributed by atoms with van der Waals surface area (Å²) in [6.45, 7) is 2.81. The molecule has 0 fully saturated rings. The van der Waals surface area contributed by atoms with Gasteiger partial charge in [-0.2, -0.15) is 0 Å². The van der Waals surface area contributed by atoms with Crippen LogP contribution in [-0.4, -0.2) is 83.4 Å². The third-order valence-corrected chi connectivity index (χ3v) is 8.62. The average molecular weight is 696 g/mol. The molecule has 4 aromatic carbocycles. The molecule has 11 nitrogen and oxygen atoms in total. The lowest BCUT2D eigenvalue weighted by Gasteiger charge is -2.26. The van der Waals surface area contributed by atoms with Crippen molar-refractivity contribution < 1.29 is 49.2 Å². The second-order valence-corrected chi connectivity index (χ2v) is 12.1. The van der Waals surface area contributed by atoms with Crippen LogP contribution in [0.15, 0.2) is 72.8 Å². The van der Waals surface area contributed by atoms with Crippen molar-refractivity contribution in [3.63, 3.8) is 0 Å². The highest BCUT2D eigenvalue weighted by atomic mass is 35.5. The van der Waals surface area contributed by atoms with E-state index in [9.17, 15) is 20.4 Å². The van der Waals surface area contributed by atoms with Crippen molar-refractivity contribution in [2.45, 2.75) is 51.1 Å². The van der Waals surface area contributed by atoms with Crippen molar-refractivity contribution in [1.29, 1.82) is 0 Å². The van der Waals surface area contributed by atoms with E-state index in [2.05, 4.69) is 11.4 Å². The van der Waals surface area contributed by atoms with Gasteiger partial charge in [0.25, 0.3) is 0 Å². The van der Waals surface area contributed by atoms with E-state index in [4.69, 9.17) is 40.4 Å². The van der Waals surface area contributed by atoms with Crippen LogP contribution in [0.25, 0.3) is 11.1 Å². The Kier molecular flexibility index (Phi) is 12.6. The highest BCUT2D eigenvalue weighted by Crippen LogP contribution is 2.37. The molecule has 1 heterocycles. The summed E-state index contributed by atoms with van der Waals surface area (Å²) in [6.07, 6.45) is -6.43. The number of fused-ring (bicyclic) bond motifs is 1. The minimum absolute atomic E-state index is 0.138. The second-order valence-electron chi connectivity index (χ2n) is 11.7. The predicted octanol–water partition coefficient (Wildman–Crippen LogP) is 3.78. The Hall–Kier alpha value is -4.07. The van der Waals surface area contributed by atoms with Crippen molar-refractivity contribution in [3.8, 4) is 39.9 Å². The van der Waals surface area contributed by atoms with Crippen molar-refractivity contribution in [2.24, 2.45) is 0 Å². The first-order valence-corrected chi connectivity index (χ1v) is 16.3. The Balaban J connectivity index is 1.32. The van der Waals surface area contributed by atoms with E-state index >= 15 is 0 Å². The van der Waals surface area contributed by atoms with Crippen molar-refractivity contribution >= 4 is 11.6 Å². The summed E-state index contributed by atoms with van der Waals surface area (Å²) in [4.78, 5) is 0. The predicted molar refractivity (Wildman–Crippen MR) is 184 cm³/mol. The van der Waals surface area contributed by atoms with Crippen LogP contribution >= 0.6 is 11.6 Å². The van der Waals surface area contributed by atoms with E-state index in [0.717, 1.165) is 39.3 Å². The Morgan fingerprint density at radius 1 is 0.796 bits per heavy atom. The molecule has 6 N–H and O–H groups in total. The lowest BCUT2D eigenvalue weighted by atomic mass is 9.96. The third kappa shape index (κ3) is 9.14. The van der Waals surface area contributed by atoms with Crippen molar-refractivity contribution in [3.05, 3.63) is 100 Å². The molecule has 1 aliphatic rings. The van der Waals surface area contributed by atoms with E-state index in [-0.39, 0.29) is 26.3 Å². The van der Waals surface area contributed by atoms with Gasteiger partial charge in [0, 0.05) is 24.7 Å². The van der Waals surface area contributed by atoms with Gasteiger partial charge in [0.2, 0.25) is 0 Å². The molecule has 0 unspecified atom stereocenters. The van der Waals surface area contributed by atoms with Gasteiger partial charge >= 0.3 is 0 Å². The van der Waals surface area contributed by atoms with Crippen LogP contribution < -0.4 is 29.0 Å². The van der Waals surface area contributed by atoms with E-state index in [0.29, 0.717) is 41.0 Å². The maximum atomic E-state index is 10.4. The number of benzene rings is 4. The molecule has 0 aromatic heterocycles. The topological polar surface area (TPSA) is 159 Å². The zero-order chi connectivity index (χ0) is 34.9. The van der Waals surface area contributed by atoms with Gasteiger partial charge in [-0.15, -0.1) is 0 Å². The van der Waals surface area contributed by atoms with Gasteiger partial charge in [0.1, 0.15) is 62.0 Å². The van der Waals surface area contributed by atoms with Crippen LogP contribution in [0.4, 0.5) is 0 Å². The molecule has 0 amide bonds. The zero-order valence-corrected chi connectivity index (χ0v) is 28.1. The summed E-state index contributed by atoms with van der Waals surface area (Å²) in [5, 5.41) is 52.5. The Morgan fingerprint density at radius 3 is 2.31 bits per heavy atom. The highest BCUT2D eigenvalue weighted by molar-refractivity contribution is 6.32. The van der Waals surface area contributed by atoms with Gasteiger partial charge in [-0.1, -0.05) is 48.0 Å². The molecule has 5 rings (SSSR count). The third-order valence-electron chi connectivity index (χ3n) is 8.32. The second kappa shape index (κ2) is 17.0. The van der Waals surface area contributed by atoms with Crippen molar-refractivity contribution in [1.82, 2.24) is 5.32 Å². The first-order valence-electron chi connectivity index (χ1n) is 15.9. The number of nitrogens with one attached hydrogen (secondary N) is 1. The molecule has 4 atom stereocenters. The molecular formula is C37H42ClNO10. The smallest absolute Gasteiger partial charge is 0.161 e. The number of halogens is 1. The van der Waals surface area contributed by atoms with Gasteiger partial charge in [-0.05, 0) is 65.1 Å². The zero-order valence-electron chi connectivity index (χ0n) is 27.3. The molecule has 12 heteroatoms. The fourth-order valence-electron chi connectivity index (χ4n) is 5.44. The van der Waals surface area contributed by atoms with Gasteiger partial charge in [0.05, 0.1) is 24.8 Å². The molecule has 0 bridgehead atoms. The summed E-state index contributed by atoms with van der Waals surface area (Å²) in [5.74, 6) is 3.03. The first-order chi connectivity index (χ1) is 23.7. The molecule has 0 aliphatic carbocycles. The molecule has 0 saturated carbocycles. The maximum absolute atomic E-state index is 10.4. The van der Waals surface area contributed by atoms with E-state index in [1.807, 2.05) is 61.5 Å². The van der Waals surface area contributed by atoms with E-state index < -0.39 is 31.0 Å². The standard InChI is InChI=1S/C37H42ClNO10/c1-22-25(6-4-8-28(22)24-9-10-32-35(15-24)47-12-11-46-32)21-49-34-16-33(48-20-23-5-3-7-27(13-23)45-2)26(14-29(34)38)17-39-18-30(41)36(43)37(44)31(42)19-40/h3-10,13-16,30-31,36-37,39-44H,11-12,17-21H2,1-2H3/t30-,31+,36+,37+/m0/s1.